The highest BCUT2D eigenvalue weighted by Crippen LogP contribution is 2.35. The SMILES string of the molecule is Cc1ccc([N+](=O)[O-])c(COCC(F)(F)C(F)(F)F)c1. The van der Waals surface area contributed by atoms with Crippen LogP contribution in [0.2, 0.25) is 0 Å². The number of hydrogen-bond donors (Lipinski definition) is 0. The molecule has 1 rings (SSSR count). The van der Waals surface area contributed by atoms with E-state index in [1.54, 1.807) is 6.92 Å². The van der Waals surface area contributed by atoms with Crippen LogP contribution in [0.25, 0.3) is 0 Å². The minimum absolute atomic E-state index is 0.0621. The molecule has 0 aliphatic heterocycles. The van der Waals surface area contributed by atoms with Gasteiger partial charge in [-0.3, -0.25) is 10.1 Å². The summed E-state index contributed by atoms with van der Waals surface area (Å²) < 4.78 is 65.1. The van der Waals surface area contributed by atoms with Crippen molar-refractivity contribution in [2.24, 2.45) is 0 Å². The molecular formula is C11H10F5NO3. The van der Waals surface area contributed by atoms with Gasteiger partial charge in [0.25, 0.3) is 5.69 Å². The van der Waals surface area contributed by atoms with Crippen LogP contribution in [0, 0.1) is 17.0 Å². The number of benzene rings is 1. The number of alkyl halides is 5. The van der Waals surface area contributed by atoms with Crippen molar-refractivity contribution in [1.82, 2.24) is 0 Å². The van der Waals surface area contributed by atoms with Crippen molar-refractivity contribution < 1.29 is 31.6 Å². The first-order valence-corrected chi connectivity index (χ1v) is 5.31. The van der Waals surface area contributed by atoms with Crippen LogP contribution in [0.15, 0.2) is 18.2 Å². The number of aryl methyl sites for hydroxylation is 1. The van der Waals surface area contributed by atoms with E-state index in [0.29, 0.717) is 5.56 Å². The summed E-state index contributed by atoms with van der Waals surface area (Å²) in [4.78, 5) is 9.91. The van der Waals surface area contributed by atoms with E-state index in [4.69, 9.17) is 0 Å². The van der Waals surface area contributed by atoms with E-state index in [0.717, 1.165) is 6.07 Å². The molecule has 20 heavy (non-hydrogen) atoms. The van der Waals surface area contributed by atoms with Crippen LogP contribution >= 0.6 is 0 Å². The quantitative estimate of drug-likeness (QED) is 0.474. The van der Waals surface area contributed by atoms with Crippen LogP contribution in [-0.4, -0.2) is 23.6 Å². The van der Waals surface area contributed by atoms with Gasteiger partial charge in [-0.2, -0.15) is 22.0 Å². The Morgan fingerprint density at radius 2 is 1.85 bits per heavy atom. The van der Waals surface area contributed by atoms with Crippen LogP contribution in [-0.2, 0) is 11.3 Å². The first-order chi connectivity index (χ1) is 9.04. The van der Waals surface area contributed by atoms with E-state index >= 15 is 0 Å². The highest BCUT2D eigenvalue weighted by atomic mass is 19.4. The van der Waals surface area contributed by atoms with Crippen molar-refractivity contribution in [1.29, 1.82) is 0 Å². The lowest BCUT2D eigenvalue weighted by Crippen LogP contribution is -2.40. The third-order valence-electron chi connectivity index (χ3n) is 2.39. The first kappa shape index (κ1) is 16.3. The van der Waals surface area contributed by atoms with E-state index in [9.17, 15) is 32.1 Å². The summed E-state index contributed by atoms with van der Waals surface area (Å²) in [7, 11) is 0. The summed E-state index contributed by atoms with van der Waals surface area (Å²) in [5.41, 5.74) is 0.135. The van der Waals surface area contributed by atoms with Crippen LogP contribution < -0.4 is 0 Å². The Morgan fingerprint density at radius 3 is 2.35 bits per heavy atom. The predicted octanol–water partition coefficient (Wildman–Crippen LogP) is 3.62. The molecule has 0 radical (unpaired) electrons. The van der Waals surface area contributed by atoms with Gasteiger partial charge < -0.3 is 4.74 Å². The van der Waals surface area contributed by atoms with Crippen molar-refractivity contribution in [2.75, 3.05) is 6.61 Å². The fourth-order valence-corrected chi connectivity index (χ4v) is 1.38. The number of hydrogen-bond acceptors (Lipinski definition) is 3. The van der Waals surface area contributed by atoms with Crippen LogP contribution in [0.3, 0.4) is 0 Å². The second-order valence-electron chi connectivity index (χ2n) is 4.08. The van der Waals surface area contributed by atoms with Gasteiger partial charge in [0.2, 0.25) is 0 Å². The van der Waals surface area contributed by atoms with Gasteiger partial charge in [-0.25, -0.2) is 0 Å². The fraction of sp³-hybridized carbons (Fsp3) is 0.455. The molecule has 9 heteroatoms. The van der Waals surface area contributed by atoms with Gasteiger partial charge in [-0.1, -0.05) is 11.6 Å². The maximum atomic E-state index is 12.6. The summed E-state index contributed by atoms with van der Waals surface area (Å²) in [5, 5.41) is 10.7. The van der Waals surface area contributed by atoms with E-state index < -0.39 is 35.9 Å². The summed E-state index contributed by atoms with van der Waals surface area (Å²) in [5.74, 6) is -4.99. The second-order valence-corrected chi connectivity index (χ2v) is 4.08. The molecule has 0 spiro atoms. The standard InChI is InChI=1S/C11H10F5NO3/c1-7-2-3-9(17(18)19)8(4-7)5-20-6-10(12,13)11(14,15)16/h2-4H,5-6H2,1H3. The van der Waals surface area contributed by atoms with Crippen molar-refractivity contribution in [3.63, 3.8) is 0 Å². The number of nitro groups is 1. The van der Waals surface area contributed by atoms with E-state index in [2.05, 4.69) is 4.74 Å². The fourth-order valence-electron chi connectivity index (χ4n) is 1.38. The number of ether oxygens (including phenoxy) is 1. The minimum Gasteiger partial charge on any atom is -0.370 e. The lowest BCUT2D eigenvalue weighted by atomic mass is 10.1. The number of halogens is 5. The zero-order chi connectivity index (χ0) is 15.6. The van der Waals surface area contributed by atoms with Crippen LogP contribution in [0.4, 0.5) is 27.6 Å². The van der Waals surface area contributed by atoms with Gasteiger partial charge in [0, 0.05) is 6.07 Å². The Morgan fingerprint density at radius 1 is 1.25 bits per heavy atom. The average Bonchev–Trinajstić information content (AvgIpc) is 2.26. The number of rotatable bonds is 5. The molecule has 0 bridgehead atoms. The number of nitrogens with zero attached hydrogens (tertiary/aromatic N) is 1. The zero-order valence-electron chi connectivity index (χ0n) is 10.2. The third kappa shape index (κ3) is 3.86. The molecule has 0 aliphatic rings. The molecule has 0 heterocycles. The maximum Gasteiger partial charge on any atom is 0.455 e. The molecular weight excluding hydrogens is 289 g/mol. The van der Waals surface area contributed by atoms with Crippen LogP contribution in [0.1, 0.15) is 11.1 Å². The lowest BCUT2D eigenvalue weighted by Gasteiger charge is -2.19. The Kier molecular flexibility index (Phi) is 4.64. The van der Waals surface area contributed by atoms with Gasteiger partial charge in [0.05, 0.1) is 17.1 Å². The molecule has 1 aromatic rings. The monoisotopic (exact) mass is 299 g/mol. The molecule has 0 saturated heterocycles. The van der Waals surface area contributed by atoms with Gasteiger partial charge in [-0.05, 0) is 13.0 Å². The summed E-state index contributed by atoms with van der Waals surface area (Å²) >= 11 is 0. The van der Waals surface area contributed by atoms with Gasteiger partial charge in [0.15, 0.2) is 0 Å². The average molecular weight is 299 g/mol. The molecule has 0 atom stereocenters. The Labute approximate surface area is 110 Å². The van der Waals surface area contributed by atoms with Gasteiger partial charge >= 0.3 is 12.1 Å². The van der Waals surface area contributed by atoms with Crippen molar-refractivity contribution in [3.05, 3.63) is 39.4 Å². The first-order valence-electron chi connectivity index (χ1n) is 5.31. The van der Waals surface area contributed by atoms with E-state index in [1.807, 2.05) is 0 Å². The third-order valence-corrected chi connectivity index (χ3v) is 2.39. The smallest absolute Gasteiger partial charge is 0.370 e. The van der Waals surface area contributed by atoms with Crippen molar-refractivity contribution >= 4 is 5.69 Å². The molecule has 0 saturated carbocycles. The van der Waals surface area contributed by atoms with E-state index in [1.165, 1.54) is 12.1 Å². The molecule has 112 valence electrons. The molecule has 0 aliphatic carbocycles. The topological polar surface area (TPSA) is 52.4 Å². The summed E-state index contributed by atoms with van der Waals surface area (Å²) in [6.45, 7) is -0.997. The molecule has 0 aromatic heterocycles. The maximum absolute atomic E-state index is 12.6. The molecule has 0 unspecified atom stereocenters. The summed E-state index contributed by atoms with van der Waals surface area (Å²) in [6.07, 6.45) is -5.72. The summed E-state index contributed by atoms with van der Waals surface area (Å²) in [6, 6.07) is 3.85. The highest BCUT2D eigenvalue weighted by molar-refractivity contribution is 5.42. The Hall–Kier alpha value is -1.77. The molecule has 0 N–H and O–H groups in total. The van der Waals surface area contributed by atoms with E-state index in [-0.39, 0.29) is 5.56 Å². The Bertz CT molecular complexity index is 501. The molecule has 0 amide bonds. The highest BCUT2D eigenvalue weighted by Gasteiger charge is 2.57. The number of nitro benzene ring substituents is 1. The lowest BCUT2D eigenvalue weighted by molar-refractivity contribution is -0.386. The van der Waals surface area contributed by atoms with Crippen molar-refractivity contribution in [3.8, 4) is 0 Å². The van der Waals surface area contributed by atoms with Crippen LogP contribution in [0.5, 0.6) is 0 Å². The Balaban J connectivity index is 2.76. The largest absolute Gasteiger partial charge is 0.455 e. The molecule has 1 aromatic carbocycles. The second kappa shape index (κ2) is 5.70. The van der Waals surface area contributed by atoms with Crippen molar-refractivity contribution in [2.45, 2.75) is 25.6 Å². The minimum atomic E-state index is -5.72. The van der Waals surface area contributed by atoms with Gasteiger partial charge in [-0.15, -0.1) is 0 Å². The predicted molar refractivity (Wildman–Crippen MR) is 58.5 cm³/mol. The van der Waals surface area contributed by atoms with Gasteiger partial charge in [0.1, 0.15) is 6.61 Å². The normalized spacial score (nSPS) is 12.5. The molecule has 0 fully saturated rings. The zero-order valence-corrected chi connectivity index (χ0v) is 10.2. The molecule has 4 nitrogen and oxygen atoms in total.